The van der Waals surface area contributed by atoms with Crippen LogP contribution in [-0.4, -0.2) is 44.1 Å². The molecule has 0 atom stereocenters. The summed E-state index contributed by atoms with van der Waals surface area (Å²) in [7, 11) is 0. The molecule has 0 unspecified atom stereocenters. The third kappa shape index (κ3) is 3.98. The number of aliphatic hydroxyl groups is 1. The van der Waals surface area contributed by atoms with Gasteiger partial charge < -0.3 is 25.2 Å². The number of nitrogens with zero attached hydrogens (tertiary/aromatic N) is 1. The minimum absolute atomic E-state index is 0.0445. The van der Waals surface area contributed by atoms with E-state index in [-0.39, 0.29) is 18.5 Å². The van der Waals surface area contributed by atoms with Crippen molar-refractivity contribution in [2.45, 2.75) is 25.9 Å². The molecule has 0 radical (unpaired) electrons. The summed E-state index contributed by atoms with van der Waals surface area (Å²) in [6.45, 7) is 4.23. The smallest absolute Gasteiger partial charge is 0.167 e. The highest BCUT2D eigenvalue weighted by atomic mass is 19.1. The highest BCUT2D eigenvalue weighted by Crippen LogP contribution is 2.33. The molecule has 0 bridgehead atoms. The second kappa shape index (κ2) is 7.47. The van der Waals surface area contributed by atoms with Gasteiger partial charge in [-0.3, -0.25) is 0 Å². The van der Waals surface area contributed by atoms with Crippen molar-refractivity contribution < 1.29 is 19.0 Å². The van der Waals surface area contributed by atoms with Gasteiger partial charge in [0, 0.05) is 25.2 Å². The first-order chi connectivity index (χ1) is 10.2. The third-order valence-electron chi connectivity index (χ3n) is 3.61. The fraction of sp³-hybridized carbons (Fsp3) is 0.600. The Kier molecular flexibility index (Phi) is 5.64. The summed E-state index contributed by atoms with van der Waals surface area (Å²) in [5.74, 6) is -0.195. The molecule has 1 aromatic rings. The normalized spacial score (nSPS) is 16.2. The van der Waals surface area contributed by atoms with Gasteiger partial charge in [-0.25, -0.2) is 4.39 Å². The Bertz CT molecular complexity index is 462. The maximum Gasteiger partial charge on any atom is 0.167 e. The van der Waals surface area contributed by atoms with Gasteiger partial charge >= 0.3 is 0 Å². The van der Waals surface area contributed by atoms with E-state index < -0.39 is 5.82 Å². The summed E-state index contributed by atoms with van der Waals surface area (Å²) < 4.78 is 24.5. The monoisotopic (exact) mass is 298 g/mol. The second-order valence-corrected chi connectivity index (χ2v) is 5.06. The molecule has 0 saturated carbocycles. The molecule has 1 fully saturated rings. The average molecular weight is 298 g/mol. The lowest BCUT2D eigenvalue weighted by atomic mass is 10.1. The van der Waals surface area contributed by atoms with Crippen LogP contribution in [0.5, 0.6) is 5.75 Å². The number of anilines is 2. The molecule has 0 amide bonds. The number of nitrogen functional groups attached to an aromatic ring is 1. The molecule has 1 aliphatic heterocycles. The molecule has 1 aromatic carbocycles. The highest BCUT2D eigenvalue weighted by Gasteiger charge is 2.22. The maximum absolute atomic E-state index is 13.7. The van der Waals surface area contributed by atoms with E-state index in [2.05, 4.69) is 4.90 Å². The molecule has 0 aliphatic carbocycles. The Morgan fingerprint density at radius 1 is 1.38 bits per heavy atom. The van der Waals surface area contributed by atoms with E-state index in [0.717, 1.165) is 31.6 Å². The summed E-state index contributed by atoms with van der Waals surface area (Å²) in [6.07, 6.45) is 1.89. The molecule has 6 heteroatoms. The number of nitrogens with two attached hydrogens (primary N) is 1. The minimum Gasteiger partial charge on any atom is -0.491 e. The summed E-state index contributed by atoms with van der Waals surface area (Å²) in [5.41, 5.74) is 7.16. The zero-order chi connectivity index (χ0) is 15.2. The van der Waals surface area contributed by atoms with Crippen LogP contribution >= 0.6 is 0 Å². The predicted octanol–water partition coefficient (Wildman–Crippen LogP) is 1.78. The third-order valence-corrected chi connectivity index (χ3v) is 3.61. The van der Waals surface area contributed by atoms with Crippen molar-refractivity contribution in [3.63, 3.8) is 0 Å². The Labute approximate surface area is 124 Å². The summed E-state index contributed by atoms with van der Waals surface area (Å²) in [5, 5.41) is 8.77. The van der Waals surface area contributed by atoms with Crippen molar-refractivity contribution in [3.05, 3.63) is 17.9 Å². The second-order valence-electron chi connectivity index (χ2n) is 5.06. The van der Waals surface area contributed by atoms with Crippen molar-refractivity contribution in [1.29, 1.82) is 0 Å². The molecule has 3 N–H and O–H groups in total. The molecule has 21 heavy (non-hydrogen) atoms. The van der Waals surface area contributed by atoms with Crippen LogP contribution in [0.4, 0.5) is 15.8 Å². The molecule has 5 nitrogen and oxygen atoms in total. The summed E-state index contributed by atoms with van der Waals surface area (Å²) in [6, 6.07) is 2.98. The number of benzene rings is 1. The minimum atomic E-state index is -0.431. The van der Waals surface area contributed by atoms with Crippen molar-refractivity contribution in [2.24, 2.45) is 0 Å². The lowest BCUT2D eigenvalue weighted by Gasteiger charge is -2.34. The first-order valence-electron chi connectivity index (χ1n) is 7.35. The van der Waals surface area contributed by atoms with Crippen molar-refractivity contribution >= 4 is 11.4 Å². The lowest BCUT2D eigenvalue weighted by molar-refractivity contribution is 0.0159. The average Bonchev–Trinajstić information content (AvgIpc) is 2.49. The zero-order valence-electron chi connectivity index (χ0n) is 12.3. The molecular formula is C15H23FN2O3. The van der Waals surface area contributed by atoms with Crippen LogP contribution in [0.3, 0.4) is 0 Å². The van der Waals surface area contributed by atoms with E-state index in [4.69, 9.17) is 20.3 Å². The molecule has 0 aromatic heterocycles. The SMILES string of the molecule is CCOc1cc(N2CCC(OCCO)CC2)c(N)cc1F. The lowest BCUT2D eigenvalue weighted by Crippen LogP contribution is -2.37. The Hall–Kier alpha value is -1.53. The van der Waals surface area contributed by atoms with Crippen LogP contribution in [0.1, 0.15) is 19.8 Å². The van der Waals surface area contributed by atoms with Crippen LogP contribution in [-0.2, 0) is 4.74 Å². The van der Waals surface area contributed by atoms with E-state index in [1.54, 1.807) is 6.07 Å². The summed E-state index contributed by atoms with van der Waals surface area (Å²) in [4.78, 5) is 2.12. The first-order valence-corrected chi connectivity index (χ1v) is 7.35. The van der Waals surface area contributed by atoms with Crippen LogP contribution in [0.15, 0.2) is 12.1 Å². The molecule has 118 valence electrons. The Morgan fingerprint density at radius 2 is 2.10 bits per heavy atom. The predicted molar refractivity (Wildman–Crippen MR) is 80.3 cm³/mol. The van der Waals surface area contributed by atoms with Crippen LogP contribution in [0.2, 0.25) is 0 Å². The molecule has 2 rings (SSSR count). The van der Waals surface area contributed by atoms with E-state index >= 15 is 0 Å². The molecular weight excluding hydrogens is 275 g/mol. The van der Waals surface area contributed by atoms with Crippen LogP contribution < -0.4 is 15.4 Å². The Balaban J connectivity index is 2.04. The number of ether oxygens (including phenoxy) is 2. The molecule has 1 saturated heterocycles. The fourth-order valence-corrected chi connectivity index (χ4v) is 2.58. The van der Waals surface area contributed by atoms with Gasteiger partial charge in [-0.2, -0.15) is 0 Å². The number of piperidine rings is 1. The van der Waals surface area contributed by atoms with Gasteiger partial charge in [-0.1, -0.05) is 0 Å². The highest BCUT2D eigenvalue weighted by molar-refractivity contribution is 5.70. The van der Waals surface area contributed by atoms with Gasteiger partial charge in [0.15, 0.2) is 11.6 Å². The van der Waals surface area contributed by atoms with Gasteiger partial charge in [0.05, 0.1) is 37.3 Å². The fourth-order valence-electron chi connectivity index (χ4n) is 2.58. The van der Waals surface area contributed by atoms with Gasteiger partial charge in [-0.15, -0.1) is 0 Å². The van der Waals surface area contributed by atoms with E-state index in [0.29, 0.717) is 18.9 Å². The first kappa shape index (κ1) is 15.9. The zero-order valence-corrected chi connectivity index (χ0v) is 12.3. The van der Waals surface area contributed by atoms with E-state index in [1.807, 2.05) is 6.92 Å². The van der Waals surface area contributed by atoms with Crippen molar-refractivity contribution in [2.75, 3.05) is 43.5 Å². The maximum atomic E-state index is 13.7. The topological polar surface area (TPSA) is 68.0 Å². The number of hydrogen-bond acceptors (Lipinski definition) is 5. The van der Waals surface area contributed by atoms with Gasteiger partial charge in [0.2, 0.25) is 0 Å². The summed E-state index contributed by atoms with van der Waals surface area (Å²) >= 11 is 0. The van der Waals surface area contributed by atoms with Crippen LogP contribution in [0, 0.1) is 5.82 Å². The number of rotatable bonds is 6. The van der Waals surface area contributed by atoms with Gasteiger partial charge in [-0.05, 0) is 19.8 Å². The van der Waals surface area contributed by atoms with Gasteiger partial charge in [0.25, 0.3) is 0 Å². The van der Waals surface area contributed by atoms with Crippen molar-refractivity contribution in [1.82, 2.24) is 0 Å². The quantitative estimate of drug-likeness (QED) is 0.784. The van der Waals surface area contributed by atoms with E-state index in [9.17, 15) is 4.39 Å². The molecule has 1 heterocycles. The van der Waals surface area contributed by atoms with Crippen LogP contribution in [0.25, 0.3) is 0 Å². The largest absolute Gasteiger partial charge is 0.491 e. The number of hydrogen-bond donors (Lipinski definition) is 2. The standard InChI is InChI=1S/C15H23FN2O3/c1-2-20-15-10-14(13(17)9-12(15)16)18-5-3-11(4-6-18)21-8-7-19/h9-11,19H,2-8,17H2,1H3. The number of aliphatic hydroxyl groups excluding tert-OH is 1. The molecule has 0 spiro atoms. The van der Waals surface area contributed by atoms with Crippen molar-refractivity contribution in [3.8, 4) is 5.75 Å². The van der Waals surface area contributed by atoms with E-state index in [1.165, 1.54) is 6.07 Å². The molecule has 1 aliphatic rings. The van der Waals surface area contributed by atoms with Gasteiger partial charge in [0.1, 0.15) is 0 Å². The Morgan fingerprint density at radius 3 is 2.71 bits per heavy atom. The number of halogens is 1.